The van der Waals surface area contributed by atoms with Gasteiger partial charge in [0.15, 0.2) is 0 Å². The second kappa shape index (κ2) is 4.23. The van der Waals surface area contributed by atoms with E-state index >= 15 is 0 Å². The Morgan fingerprint density at radius 2 is 2.31 bits per heavy atom. The zero-order valence-electron chi connectivity index (χ0n) is 8.24. The van der Waals surface area contributed by atoms with Crippen molar-refractivity contribution in [3.63, 3.8) is 0 Å². The fraction of sp³-hybridized carbons (Fsp3) is 0.500. The van der Waals surface area contributed by atoms with Gasteiger partial charge in [0.2, 0.25) is 5.88 Å². The molecule has 0 aliphatic carbocycles. The Hall–Kier alpha value is -1.09. The van der Waals surface area contributed by atoms with E-state index in [9.17, 15) is 5.11 Å². The minimum atomic E-state index is -0.469. The summed E-state index contributed by atoms with van der Waals surface area (Å²) in [5.41, 5.74) is 1.86. The third-order valence-electron chi connectivity index (χ3n) is 1.87. The minimum absolute atomic E-state index is 0.469. The maximum atomic E-state index is 9.34. The summed E-state index contributed by atoms with van der Waals surface area (Å²) in [4.78, 5) is 4.07. The first-order valence-corrected chi connectivity index (χ1v) is 4.42. The molecular weight excluding hydrogens is 166 g/mol. The van der Waals surface area contributed by atoms with Crippen LogP contribution in [0.1, 0.15) is 31.1 Å². The molecule has 1 rings (SSSR count). The molecule has 3 nitrogen and oxygen atoms in total. The van der Waals surface area contributed by atoms with E-state index in [1.165, 1.54) is 0 Å². The Labute approximate surface area is 78.4 Å². The first-order chi connectivity index (χ1) is 6.15. The van der Waals surface area contributed by atoms with Crippen LogP contribution in [-0.2, 0) is 0 Å². The normalized spacial score (nSPS) is 12.6. The Balaban J connectivity index is 2.92. The molecule has 0 saturated carbocycles. The van der Waals surface area contributed by atoms with Crippen molar-refractivity contribution in [1.29, 1.82) is 0 Å². The van der Waals surface area contributed by atoms with Gasteiger partial charge in [-0.05, 0) is 26.3 Å². The van der Waals surface area contributed by atoms with Gasteiger partial charge >= 0.3 is 0 Å². The van der Waals surface area contributed by atoms with Crippen LogP contribution in [0.25, 0.3) is 0 Å². The molecule has 3 heteroatoms. The highest BCUT2D eigenvalue weighted by atomic mass is 16.5. The van der Waals surface area contributed by atoms with Gasteiger partial charge in [0.25, 0.3) is 0 Å². The molecule has 1 N–H and O–H groups in total. The average Bonchev–Trinajstić information content (AvgIpc) is 2.04. The summed E-state index contributed by atoms with van der Waals surface area (Å²) < 4.78 is 5.23. The number of rotatable bonds is 3. The van der Waals surface area contributed by atoms with Crippen molar-refractivity contribution in [2.75, 3.05) is 6.61 Å². The molecule has 0 amide bonds. The van der Waals surface area contributed by atoms with Gasteiger partial charge < -0.3 is 9.84 Å². The summed E-state index contributed by atoms with van der Waals surface area (Å²) >= 11 is 0. The van der Waals surface area contributed by atoms with Crippen LogP contribution < -0.4 is 4.74 Å². The molecule has 1 heterocycles. The van der Waals surface area contributed by atoms with Gasteiger partial charge in [-0.15, -0.1) is 0 Å². The van der Waals surface area contributed by atoms with Crippen molar-refractivity contribution in [2.24, 2.45) is 0 Å². The second-order valence-corrected chi connectivity index (χ2v) is 2.99. The largest absolute Gasteiger partial charge is 0.478 e. The summed E-state index contributed by atoms with van der Waals surface area (Å²) in [7, 11) is 0. The number of ether oxygens (including phenoxy) is 1. The molecule has 13 heavy (non-hydrogen) atoms. The van der Waals surface area contributed by atoms with Crippen molar-refractivity contribution < 1.29 is 9.84 Å². The number of aromatic nitrogens is 1. The number of aryl methyl sites for hydroxylation is 1. The Bertz CT molecular complexity index is 284. The number of aliphatic hydroxyl groups is 1. The van der Waals surface area contributed by atoms with E-state index < -0.39 is 6.10 Å². The van der Waals surface area contributed by atoms with Crippen LogP contribution in [0.4, 0.5) is 0 Å². The summed E-state index contributed by atoms with van der Waals surface area (Å²) in [6.45, 7) is 6.19. The van der Waals surface area contributed by atoms with E-state index in [0.717, 1.165) is 11.1 Å². The van der Waals surface area contributed by atoms with Crippen LogP contribution in [-0.4, -0.2) is 16.7 Å². The van der Waals surface area contributed by atoms with Crippen molar-refractivity contribution in [3.05, 3.63) is 23.4 Å². The van der Waals surface area contributed by atoms with E-state index in [4.69, 9.17) is 4.74 Å². The van der Waals surface area contributed by atoms with E-state index in [1.54, 1.807) is 13.1 Å². The topological polar surface area (TPSA) is 42.4 Å². The monoisotopic (exact) mass is 181 g/mol. The summed E-state index contributed by atoms with van der Waals surface area (Å²) in [6, 6.07) is 1.84. The third-order valence-corrected chi connectivity index (χ3v) is 1.87. The molecule has 0 aliphatic heterocycles. The van der Waals surface area contributed by atoms with E-state index in [1.807, 2.05) is 19.9 Å². The first kappa shape index (κ1) is 9.99. The molecule has 0 radical (unpaired) electrons. The Morgan fingerprint density at radius 1 is 1.62 bits per heavy atom. The van der Waals surface area contributed by atoms with E-state index in [0.29, 0.717) is 12.5 Å². The van der Waals surface area contributed by atoms with Gasteiger partial charge in [-0.2, -0.15) is 0 Å². The number of hydrogen-bond donors (Lipinski definition) is 1. The van der Waals surface area contributed by atoms with Crippen molar-refractivity contribution in [3.8, 4) is 5.88 Å². The molecule has 0 aromatic carbocycles. The quantitative estimate of drug-likeness (QED) is 0.773. The average molecular weight is 181 g/mol. The molecule has 0 saturated heterocycles. The lowest BCUT2D eigenvalue weighted by Gasteiger charge is -2.09. The molecule has 0 fully saturated rings. The molecule has 1 atom stereocenters. The summed E-state index contributed by atoms with van der Waals surface area (Å²) in [5.74, 6) is 0.615. The Kier molecular flexibility index (Phi) is 3.25. The van der Waals surface area contributed by atoms with Gasteiger partial charge in [0, 0.05) is 17.8 Å². The lowest BCUT2D eigenvalue weighted by atomic mass is 10.1. The predicted octanol–water partition coefficient (Wildman–Crippen LogP) is 1.84. The highest BCUT2D eigenvalue weighted by Gasteiger charge is 2.06. The molecule has 0 spiro atoms. The second-order valence-electron chi connectivity index (χ2n) is 2.99. The molecule has 0 unspecified atom stereocenters. The van der Waals surface area contributed by atoms with E-state index in [-0.39, 0.29) is 0 Å². The number of pyridine rings is 1. The summed E-state index contributed by atoms with van der Waals surface area (Å²) in [6.07, 6.45) is 1.19. The number of aliphatic hydroxyl groups excluding tert-OH is 1. The van der Waals surface area contributed by atoms with Crippen LogP contribution in [0.5, 0.6) is 5.88 Å². The zero-order valence-corrected chi connectivity index (χ0v) is 8.24. The number of nitrogens with zero attached hydrogens (tertiary/aromatic N) is 1. The highest BCUT2D eigenvalue weighted by Crippen LogP contribution is 2.19. The van der Waals surface area contributed by atoms with Gasteiger partial charge in [-0.1, -0.05) is 0 Å². The molecule has 1 aromatic heterocycles. The van der Waals surface area contributed by atoms with Crippen molar-refractivity contribution in [1.82, 2.24) is 4.98 Å². The molecule has 72 valence electrons. The Morgan fingerprint density at radius 3 is 2.77 bits per heavy atom. The first-order valence-electron chi connectivity index (χ1n) is 4.42. The van der Waals surface area contributed by atoms with Crippen molar-refractivity contribution in [2.45, 2.75) is 26.9 Å². The van der Waals surface area contributed by atoms with Crippen LogP contribution in [0.2, 0.25) is 0 Å². The maximum absolute atomic E-state index is 9.34. The standard InChI is InChI=1S/C10H15NO2/c1-4-13-10-5-7(2)9(6-11-10)8(3)12/h5-6,8,12H,4H2,1-3H3/t8-/m1/s1. The number of hydrogen-bond acceptors (Lipinski definition) is 3. The minimum Gasteiger partial charge on any atom is -0.478 e. The van der Waals surface area contributed by atoms with Gasteiger partial charge in [-0.25, -0.2) is 4.98 Å². The molecule has 1 aromatic rings. The van der Waals surface area contributed by atoms with Gasteiger partial charge in [-0.3, -0.25) is 0 Å². The zero-order chi connectivity index (χ0) is 9.84. The van der Waals surface area contributed by atoms with Crippen LogP contribution in [0.3, 0.4) is 0 Å². The molecular formula is C10H15NO2. The molecule has 0 aliphatic rings. The maximum Gasteiger partial charge on any atom is 0.213 e. The fourth-order valence-corrected chi connectivity index (χ4v) is 1.20. The summed E-state index contributed by atoms with van der Waals surface area (Å²) in [5, 5.41) is 9.34. The smallest absolute Gasteiger partial charge is 0.213 e. The molecule has 0 bridgehead atoms. The van der Waals surface area contributed by atoms with Gasteiger partial charge in [0.1, 0.15) is 0 Å². The SMILES string of the molecule is CCOc1cc(C)c([C@@H](C)O)cn1. The van der Waals surface area contributed by atoms with Gasteiger partial charge in [0.05, 0.1) is 12.7 Å². The fourth-order valence-electron chi connectivity index (χ4n) is 1.20. The van der Waals surface area contributed by atoms with Crippen LogP contribution in [0, 0.1) is 6.92 Å². The lowest BCUT2D eigenvalue weighted by molar-refractivity contribution is 0.197. The van der Waals surface area contributed by atoms with Crippen LogP contribution in [0.15, 0.2) is 12.3 Å². The highest BCUT2D eigenvalue weighted by molar-refractivity contribution is 5.29. The lowest BCUT2D eigenvalue weighted by Crippen LogP contribution is -1.99. The van der Waals surface area contributed by atoms with E-state index in [2.05, 4.69) is 4.98 Å². The predicted molar refractivity (Wildman–Crippen MR) is 50.8 cm³/mol. The van der Waals surface area contributed by atoms with Crippen LogP contribution >= 0.6 is 0 Å². The van der Waals surface area contributed by atoms with Crippen molar-refractivity contribution >= 4 is 0 Å². The third kappa shape index (κ3) is 2.42.